The van der Waals surface area contributed by atoms with Crippen molar-refractivity contribution >= 4 is 11.8 Å². The van der Waals surface area contributed by atoms with Crippen molar-refractivity contribution in [2.45, 2.75) is 20.0 Å². The van der Waals surface area contributed by atoms with E-state index in [-0.39, 0.29) is 5.78 Å². The van der Waals surface area contributed by atoms with Crippen molar-refractivity contribution in [3.63, 3.8) is 0 Å². The van der Waals surface area contributed by atoms with Crippen LogP contribution in [0, 0.1) is 18.3 Å². The predicted octanol–water partition coefficient (Wildman–Crippen LogP) is 3.29. The average Bonchev–Trinajstić information content (AvgIpc) is 2.54. The highest BCUT2D eigenvalue weighted by atomic mass is 16.5. The number of ether oxygens (including phenoxy) is 1. The Balaban J connectivity index is 2.05. The zero-order valence-electron chi connectivity index (χ0n) is 12.4. The molecule has 1 atom stereocenters. The van der Waals surface area contributed by atoms with Gasteiger partial charge in [-0.1, -0.05) is 29.8 Å². The maximum Gasteiger partial charge on any atom is 0.338 e. The van der Waals surface area contributed by atoms with Gasteiger partial charge >= 0.3 is 5.97 Å². The molecule has 110 valence electrons. The second kappa shape index (κ2) is 6.68. The first-order valence-corrected chi connectivity index (χ1v) is 6.83. The molecule has 1 unspecified atom stereocenters. The molecule has 4 nitrogen and oxygen atoms in total. The Morgan fingerprint density at radius 3 is 2.09 bits per heavy atom. The molecule has 0 fully saturated rings. The van der Waals surface area contributed by atoms with Gasteiger partial charge in [0.1, 0.15) is 0 Å². The maximum atomic E-state index is 12.2. The number of hydrogen-bond acceptors (Lipinski definition) is 4. The van der Waals surface area contributed by atoms with Gasteiger partial charge in [0.25, 0.3) is 0 Å². The lowest BCUT2D eigenvalue weighted by molar-refractivity contribution is 0.0319. The van der Waals surface area contributed by atoms with Crippen LogP contribution in [0.15, 0.2) is 48.5 Å². The van der Waals surface area contributed by atoms with Crippen molar-refractivity contribution in [3.8, 4) is 6.07 Å². The lowest BCUT2D eigenvalue weighted by atomic mass is 10.1. The van der Waals surface area contributed by atoms with Gasteiger partial charge in [-0.3, -0.25) is 4.79 Å². The molecule has 22 heavy (non-hydrogen) atoms. The van der Waals surface area contributed by atoms with Crippen LogP contribution in [0.1, 0.15) is 38.8 Å². The first-order valence-electron chi connectivity index (χ1n) is 6.83. The fourth-order valence-electron chi connectivity index (χ4n) is 1.92. The molecule has 2 rings (SSSR count). The van der Waals surface area contributed by atoms with Crippen LogP contribution in [0.4, 0.5) is 0 Å². The summed E-state index contributed by atoms with van der Waals surface area (Å²) in [7, 11) is 0. The van der Waals surface area contributed by atoms with E-state index < -0.39 is 12.1 Å². The molecule has 2 aromatic rings. The number of carbonyl (C=O) groups is 2. The number of nitriles is 1. The average molecular weight is 293 g/mol. The first-order chi connectivity index (χ1) is 10.5. The van der Waals surface area contributed by atoms with Crippen molar-refractivity contribution in [1.29, 1.82) is 5.26 Å². The number of aryl methyl sites for hydroxylation is 1. The van der Waals surface area contributed by atoms with Crippen LogP contribution in [0.25, 0.3) is 0 Å². The summed E-state index contributed by atoms with van der Waals surface area (Å²) in [5, 5.41) is 8.72. The lowest BCUT2D eigenvalue weighted by Gasteiger charge is -2.12. The van der Waals surface area contributed by atoms with Gasteiger partial charge in [0.05, 0.1) is 17.2 Å². The molecule has 0 radical (unpaired) electrons. The van der Waals surface area contributed by atoms with E-state index in [2.05, 4.69) is 0 Å². The highest BCUT2D eigenvalue weighted by molar-refractivity contribution is 6.01. The Hall–Kier alpha value is -2.93. The third-order valence-corrected chi connectivity index (χ3v) is 3.24. The second-order valence-corrected chi connectivity index (χ2v) is 4.97. The molecule has 0 N–H and O–H groups in total. The molecule has 0 amide bonds. The van der Waals surface area contributed by atoms with Crippen LogP contribution in [0.5, 0.6) is 0 Å². The monoisotopic (exact) mass is 293 g/mol. The van der Waals surface area contributed by atoms with Gasteiger partial charge in [0.2, 0.25) is 5.78 Å². The molecule has 0 saturated carbocycles. The van der Waals surface area contributed by atoms with Crippen molar-refractivity contribution in [2.75, 3.05) is 0 Å². The number of hydrogen-bond donors (Lipinski definition) is 0. The summed E-state index contributed by atoms with van der Waals surface area (Å²) in [4.78, 5) is 24.2. The molecule has 0 aliphatic carbocycles. The molecule has 0 heterocycles. The van der Waals surface area contributed by atoms with Crippen LogP contribution < -0.4 is 0 Å². The van der Waals surface area contributed by atoms with Gasteiger partial charge in [-0.25, -0.2) is 4.79 Å². The van der Waals surface area contributed by atoms with Gasteiger partial charge in [-0.15, -0.1) is 0 Å². The van der Waals surface area contributed by atoms with Crippen LogP contribution >= 0.6 is 0 Å². The number of ketones is 1. The van der Waals surface area contributed by atoms with E-state index in [9.17, 15) is 9.59 Å². The zero-order chi connectivity index (χ0) is 16.1. The Morgan fingerprint density at radius 2 is 1.55 bits per heavy atom. The summed E-state index contributed by atoms with van der Waals surface area (Å²) in [6, 6.07) is 15.1. The number of nitrogens with zero attached hydrogens (tertiary/aromatic N) is 1. The molecule has 0 aromatic heterocycles. The SMILES string of the molecule is Cc1ccc(C(=O)C(C)OC(=O)c2ccc(C#N)cc2)cc1. The minimum atomic E-state index is -0.870. The molecule has 0 bridgehead atoms. The maximum absolute atomic E-state index is 12.2. The van der Waals surface area contributed by atoms with E-state index in [4.69, 9.17) is 10.00 Å². The molecule has 0 aliphatic heterocycles. The molecule has 4 heteroatoms. The van der Waals surface area contributed by atoms with Gasteiger partial charge in [0.15, 0.2) is 6.10 Å². The lowest BCUT2D eigenvalue weighted by Crippen LogP contribution is -2.24. The number of esters is 1. The molecule has 2 aromatic carbocycles. The van der Waals surface area contributed by atoms with Gasteiger partial charge in [-0.05, 0) is 38.1 Å². The zero-order valence-corrected chi connectivity index (χ0v) is 12.4. The van der Waals surface area contributed by atoms with Gasteiger partial charge in [-0.2, -0.15) is 5.26 Å². The molecular formula is C18H15NO3. The predicted molar refractivity (Wildman–Crippen MR) is 81.5 cm³/mol. The smallest absolute Gasteiger partial charge is 0.338 e. The third-order valence-electron chi connectivity index (χ3n) is 3.24. The van der Waals surface area contributed by atoms with Crippen LogP contribution in [-0.2, 0) is 4.74 Å². The number of benzene rings is 2. The Kier molecular flexibility index (Phi) is 4.70. The fraction of sp³-hybridized carbons (Fsp3) is 0.167. The Morgan fingerprint density at radius 1 is 1.00 bits per heavy atom. The van der Waals surface area contributed by atoms with E-state index in [0.717, 1.165) is 5.56 Å². The Labute approximate surface area is 129 Å². The quantitative estimate of drug-likeness (QED) is 0.640. The summed E-state index contributed by atoms with van der Waals surface area (Å²) in [5.41, 5.74) is 2.33. The highest BCUT2D eigenvalue weighted by Gasteiger charge is 2.20. The molecular weight excluding hydrogens is 278 g/mol. The second-order valence-electron chi connectivity index (χ2n) is 4.97. The summed E-state index contributed by atoms with van der Waals surface area (Å²) >= 11 is 0. The van der Waals surface area contributed by atoms with Crippen molar-refractivity contribution in [2.24, 2.45) is 0 Å². The number of carbonyl (C=O) groups excluding carboxylic acids is 2. The number of rotatable bonds is 4. The summed E-state index contributed by atoms with van der Waals surface area (Å²) in [6.45, 7) is 3.48. The largest absolute Gasteiger partial charge is 0.451 e. The van der Waals surface area contributed by atoms with E-state index >= 15 is 0 Å². The fourth-order valence-corrected chi connectivity index (χ4v) is 1.92. The van der Waals surface area contributed by atoms with Gasteiger partial charge < -0.3 is 4.74 Å². The molecule has 0 aliphatic rings. The molecule has 0 saturated heterocycles. The first kappa shape index (κ1) is 15.5. The normalized spacial score (nSPS) is 11.3. The third kappa shape index (κ3) is 3.58. The van der Waals surface area contributed by atoms with Gasteiger partial charge in [0, 0.05) is 5.56 Å². The Bertz CT molecular complexity index is 724. The van der Waals surface area contributed by atoms with E-state index in [0.29, 0.717) is 16.7 Å². The molecule has 0 spiro atoms. The summed E-state index contributed by atoms with van der Waals surface area (Å²) < 4.78 is 5.18. The van der Waals surface area contributed by atoms with E-state index in [1.165, 1.54) is 24.3 Å². The van der Waals surface area contributed by atoms with Crippen molar-refractivity contribution < 1.29 is 14.3 Å². The van der Waals surface area contributed by atoms with Crippen LogP contribution in [-0.4, -0.2) is 17.9 Å². The van der Waals surface area contributed by atoms with E-state index in [1.807, 2.05) is 25.1 Å². The summed E-state index contributed by atoms with van der Waals surface area (Å²) in [6.07, 6.45) is -0.870. The minimum absolute atomic E-state index is 0.248. The summed E-state index contributed by atoms with van der Waals surface area (Å²) in [5.74, 6) is -0.834. The van der Waals surface area contributed by atoms with Crippen molar-refractivity contribution in [3.05, 3.63) is 70.8 Å². The standard InChI is InChI=1S/C18H15NO3/c1-12-3-7-15(8-4-12)17(20)13(2)22-18(21)16-9-5-14(11-19)6-10-16/h3-10,13H,1-2H3. The topological polar surface area (TPSA) is 67.2 Å². The van der Waals surface area contributed by atoms with Crippen molar-refractivity contribution in [1.82, 2.24) is 0 Å². The minimum Gasteiger partial charge on any atom is -0.451 e. The van der Waals surface area contributed by atoms with Crippen LogP contribution in [0.3, 0.4) is 0 Å². The van der Waals surface area contributed by atoms with Crippen LogP contribution in [0.2, 0.25) is 0 Å². The number of Topliss-reactive ketones (excluding diaryl/α,β-unsaturated/α-hetero) is 1. The highest BCUT2D eigenvalue weighted by Crippen LogP contribution is 2.11. The van der Waals surface area contributed by atoms with E-state index in [1.54, 1.807) is 19.1 Å².